The van der Waals surface area contributed by atoms with E-state index >= 15 is 0 Å². The molecule has 0 fully saturated rings. The highest BCUT2D eigenvalue weighted by atomic mass is 32.2. The van der Waals surface area contributed by atoms with Gasteiger partial charge in [0.05, 0.1) is 5.75 Å². The third kappa shape index (κ3) is 3.78. The molecular weight excluding hydrogens is 345 g/mol. The van der Waals surface area contributed by atoms with E-state index in [1.807, 2.05) is 0 Å². The van der Waals surface area contributed by atoms with Crippen LogP contribution in [0, 0.1) is 0 Å². The van der Waals surface area contributed by atoms with Gasteiger partial charge in [-0.15, -0.1) is 4.40 Å². The predicted octanol–water partition coefficient (Wildman–Crippen LogP) is 2.58. The number of ether oxygens (including phenoxy) is 1. The molecule has 5 nitrogen and oxygen atoms in total. The average molecular weight is 358 g/mol. The molecule has 1 aromatic carbocycles. The summed E-state index contributed by atoms with van der Waals surface area (Å²) in [6.07, 6.45) is 0.807. The maximum Gasteiger partial charge on any atom is 0.422 e. The predicted molar refractivity (Wildman–Crippen MR) is 83.0 cm³/mol. The first-order valence-electron chi connectivity index (χ1n) is 7.02. The number of halogens is 3. The summed E-state index contributed by atoms with van der Waals surface area (Å²) in [5.41, 5.74) is 1.22. The second kappa shape index (κ2) is 5.97. The van der Waals surface area contributed by atoms with Crippen molar-refractivity contribution in [3.8, 4) is 5.75 Å². The minimum absolute atomic E-state index is 0.0572. The molecular formula is C15H13F3N2O3S. The Morgan fingerprint density at radius 1 is 1.21 bits per heavy atom. The zero-order valence-electron chi connectivity index (χ0n) is 12.3. The second-order valence-corrected chi connectivity index (χ2v) is 7.00. The molecule has 0 spiro atoms. The van der Waals surface area contributed by atoms with Gasteiger partial charge in [-0.25, -0.2) is 8.42 Å². The molecule has 0 unspecified atom stereocenters. The van der Waals surface area contributed by atoms with Crippen molar-refractivity contribution in [1.82, 2.24) is 4.90 Å². The number of hydrogen-bond donors (Lipinski definition) is 0. The fourth-order valence-electron chi connectivity index (χ4n) is 2.34. The van der Waals surface area contributed by atoms with Gasteiger partial charge in [-0.3, -0.25) is 0 Å². The van der Waals surface area contributed by atoms with Crippen LogP contribution < -0.4 is 4.74 Å². The summed E-state index contributed by atoms with van der Waals surface area (Å²) < 4.78 is 68.4. The molecule has 2 aliphatic heterocycles. The number of fused-ring (bicyclic) bond motifs is 1. The molecule has 0 aliphatic carbocycles. The number of benzene rings is 1. The first kappa shape index (κ1) is 16.6. The Kier molecular flexibility index (Phi) is 4.12. The van der Waals surface area contributed by atoms with Gasteiger partial charge in [-0.2, -0.15) is 13.2 Å². The summed E-state index contributed by atoms with van der Waals surface area (Å²) in [5, 5.41) is 0. The number of sulfonamides is 1. The lowest BCUT2D eigenvalue weighted by Crippen LogP contribution is -2.37. The molecule has 1 aromatic rings. The fraction of sp³-hybridized carbons (Fsp3) is 0.267. The van der Waals surface area contributed by atoms with Crippen molar-refractivity contribution >= 4 is 21.4 Å². The largest absolute Gasteiger partial charge is 0.484 e. The summed E-state index contributed by atoms with van der Waals surface area (Å²) in [4.78, 5) is 1.73. The van der Waals surface area contributed by atoms with Crippen molar-refractivity contribution in [2.24, 2.45) is 4.40 Å². The van der Waals surface area contributed by atoms with E-state index in [0.717, 1.165) is 0 Å². The number of allylic oxidation sites excluding steroid dienone is 2. The minimum atomic E-state index is -4.40. The molecule has 0 saturated heterocycles. The van der Waals surface area contributed by atoms with Crippen LogP contribution in [-0.4, -0.2) is 44.2 Å². The zero-order chi connectivity index (χ0) is 17.4. The molecule has 2 heterocycles. The number of nitrogens with zero attached hydrogens (tertiary/aromatic N) is 2. The highest BCUT2D eigenvalue weighted by Crippen LogP contribution is 2.27. The molecule has 3 rings (SSSR count). The fourth-order valence-corrected chi connectivity index (χ4v) is 3.32. The Balaban J connectivity index is 1.84. The van der Waals surface area contributed by atoms with E-state index in [9.17, 15) is 21.6 Å². The lowest BCUT2D eigenvalue weighted by molar-refractivity contribution is -0.153. The van der Waals surface area contributed by atoms with Crippen LogP contribution >= 0.6 is 0 Å². The topological polar surface area (TPSA) is 59.0 Å². The Labute approximate surface area is 136 Å². The van der Waals surface area contributed by atoms with Crippen molar-refractivity contribution in [2.75, 3.05) is 18.9 Å². The van der Waals surface area contributed by atoms with Crippen molar-refractivity contribution in [2.45, 2.75) is 6.18 Å². The van der Waals surface area contributed by atoms with E-state index in [1.165, 1.54) is 12.1 Å². The summed E-state index contributed by atoms with van der Waals surface area (Å²) >= 11 is 0. The summed E-state index contributed by atoms with van der Waals surface area (Å²) in [6.45, 7) is -1.06. The molecule has 0 saturated carbocycles. The first-order valence-corrected chi connectivity index (χ1v) is 8.63. The molecule has 0 bridgehead atoms. The molecule has 9 heteroatoms. The van der Waals surface area contributed by atoms with Crippen LogP contribution in [0.15, 0.2) is 47.0 Å². The first-order chi connectivity index (χ1) is 11.2. The molecule has 24 heavy (non-hydrogen) atoms. The normalized spacial score (nSPS) is 19.4. The summed E-state index contributed by atoms with van der Waals surface area (Å²) in [5.74, 6) is 0.337. The smallest absolute Gasteiger partial charge is 0.422 e. The maximum atomic E-state index is 12.1. The molecule has 128 valence electrons. The third-order valence-corrected chi connectivity index (χ3v) is 4.57. The van der Waals surface area contributed by atoms with E-state index in [4.69, 9.17) is 0 Å². The van der Waals surface area contributed by atoms with Crippen LogP contribution in [0.5, 0.6) is 5.75 Å². The third-order valence-electron chi connectivity index (χ3n) is 3.43. The number of amidine groups is 1. The van der Waals surface area contributed by atoms with E-state index in [2.05, 4.69) is 9.13 Å². The van der Waals surface area contributed by atoms with Gasteiger partial charge in [0, 0.05) is 18.3 Å². The van der Waals surface area contributed by atoms with Crippen LogP contribution in [0.25, 0.3) is 5.57 Å². The van der Waals surface area contributed by atoms with Crippen LogP contribution in [0.3, 0.4) is 0 Å². The van der Waals surface area contributed by atoms with Crippen molar-refractivity contribution < 1.29 is 26.3 Å². The lowest BCUT2D eigenvalue weighted by Gasteiger charge is -2.29. The standard InChI is InChI=1S/C15H13F3N2O3S/c16-15(17,18)10-23-12-5-3-11(4-6-12)13-2-1-7-20-8-9-24(21,22)19-14(13)20/h1-7H,8-10H2. The van der Waals surface area contributed by atoms with Gasteiger partial charge in [0.1, 0.15) is 5.75 Å². The Morgan fingerprint density at radius 2 is 1.92 bits per heavy atom. The minimum Gasteiger partial charge on any atom is -0.484 e. The number of rotatable bonds is 3. The molecule has 0 N–H and O–H groups in total. The molecule has 2 aliphatic rings. The van der Waals surface area contributed by atoms with Crippen molar-refractivity contribution in [3.05, 3.63) is 48.2 Å². The lowest BCUT2D eigenvalue weighted by atomic mass is 10.0. The van der Waals surface area contributed by atoms with Crippen molar-refractivity contribution in [1.29, 1.82) is 0 Å². The zero-order valence-corrected chi connectivity index (χ0v) is 13.1. The monoisotopic (exact) mass is 358 g/mol. The van der Waals surface area contributed by atoms with Gasteiger partial charge in [0.15, 0.2) is 12.4 Å². The maximum absolute atomic E-state index is 12.1. The van der Waals surface area contributed by atoms with Crippen molar-refractivity contribution in [3.63, 3.8) is 0 Å². The summed E-state index contributed by atoms with van der Waals surface area (Å²) in [6, 6.07) is 5.95. The number of alkyl halides is 3. The van der Waals surface area contributed by atoms with E-state index in [-0.39, 0.29) is 11.5 Å². The Bertz CT molecular complexity index is 825. The van der Waals surface area contributed by atoms with Crippen LogP contribution in [-0.2, 0) is 10.0 Å². The second-order valence-electron chi connectivity index (χ2n) is 5.24. The van der Waals surface area contributed by atoms with Gasteiger partial charge >= 0.3 is 6.18 Å². The van der Waals surface area contributed by atoms with Crippen LogP contribution in [0.2, 0.25) is 0 Å². The highest BCUT2D eigenvalue weighted by molar-refractivity contribution is 7.90. The Hall–Kier alpha value is -2.29. The van der Waals surface area contributed by atoms with Crippen LogP contribution in [0.4, 0.5) is 13.2 Å². The van der Waals surface area contributed by atoms with Crippen LogP contribution in [0.1, 0.15) is 5.56 Å². The van der Waals surface area contributed by atoms with Gasteiger partial charge in [-0.1, -0.05) is 12.1 Å². The van der Waals surface area contributed by atoms with Gasteiger partial charge < -0.3 is 9.64 Å². The molecule has 0 atom stereocenters. The van der Waals surface area contributed by atoms with E-state index in [1.54, 1.807) is 35.4 Å². The molecule has 0 amide bonds. The summed E-state index contributed by atoms with van der Waals surface area (Å²) in [7, 11) is -3.51. The SMILES string of the molecule is O=S1(=O)CCN2C=CC=C(c3ccc(OCC(F)(F)F)cc3)C2=N1. The Morgan fingerprint density at radius 3 is 2.58 bits per heavy atom. The van der Waals surface area contributed by atoms with E-state index < -0.39 is 22.8 Å². The number of hydrogen-bond acceptors (Lipinski definition) is 4. The quantitative estimate of drug-likeness (QED) is 0.833. The van der Waals surface area contributed by atoms with Gasteiger partial charge in [0.2, 0.25) is 0 Å². The highest BCUT2D eigenvalue weighted by Gasteiger charge is 2.29. The van der Waals surface area contributed by atoms with E-state index in [0.29, 0.717) is 23.5 Å². The average Bonchev–Trinajstić information content (AvgIpc) is 2.51. The molecule has 0 radical (unpaired) electrons. The van der Waals surface area contributed by atoms with Gasteiger partial charge in [0.25, 0.3) is 10.0 Å². The van der Waals surface area contributed by atoms with Gasteiger partial charge in [-0.05, 0) is 29.8 Å². The molecule has 0 aromatic heterocycles.